The van der Waals surface area contributed by atoms with E-state index >= 15 is 0 Å². The zero-order chi connectivity index (χ0) is 12.5. The summed E-state index contributed by atoms with van der Waals surface area (Å²) in [6, 6.07) is 2.15. The van der Waals surface area contributed by atoms with Gasteiger partial charge in [0.15, 0.2) is 5.60 Å². The summed E-state index contributed by atoms with van der Waals surface area (Å²) in [6.45, 7) is 16.0. The maximum Gasteiger partial charge on any atom is 0.170 e. The Hall–Kier alpha value is -0.590. The molecule has 0 radical (unpaired) electrons. The van der Waals surface area contributed by atoms with Gasteiger partial charge in [-0.15, -0.1) is 0 Å². The average molecular weight is 212 g/mol. The number of rotatable bonds is 2. The van der Waals surface area contributed by atoms with Crippen LogP contribution < -0.4 is 0 Å². The lowest BCUT2D eigenvalue weighted by Gasteiger charge is -2.46. The summed E-state index contributed by atoms with van der Waals surface area (Å²) in [5.74, 6) is 0. The fourth-order valence-electron chi connectivity index (χ4n) is 1.53. The lowest BCUT2D eigenvalue weighted by Crippen LogP contribution is -2.55. The fraction of sp³-hybridized carbons (Fsp3) is 0.917. The second kappa shape index (κ2) is 4.11. The van der Waals surface area contributed by atoms with Gasteiger partial charge in [0.1, 0.15) is 0 Å². The standard InChI is InChI=1S/C12H24N2O/c1-10(2,3)14(11(4,5)6)15-12(7,8)9-13/h1-8H3. The van der Waals surface area contributed by atoms with Crippen LogP contribution in [0.5, 0.6) is 0 Å². The number of nitriles is 1. The van der Waals surface area contributed by atoms with Crippen molar-refractivity contribution < 1.29 is 4.84 Å². The summed E-state index contributed by atoms with van der Waals surface area (Å²) in [5, 5.41) is 10.9. The monoisotopic (exact) mass is 212 g/mol. The topological polar surface area (TPSA) is 36.3 Å². The molecule has 3 heteroatoms. The largest absolute Gasteiger partial charge is 0.277 e. The van der Waals surface area contributed by atoms with Crippen LogP contribution in [0.4, 0.5) is 0 Å². The molecule has 0 rings (SSSR count). The van der Waals surface area contributed by atoms with E-state index in [4.69, 9.17) is 10.1 Å². The number of hydrogen-bond donors (Lipinski definition) is 0. The van der Waals surface area contributed by atoms with Crippen LogP contribution in [0.3, 0.4) is 0 Å². The third-order valence-corrected chi connectivity index (χ3v) is 1.81. The number of hydroxylamine groups is 2. The number of nitrogens with zero attached hydrogens (tertiary/aromatic N) is 2. The third kappa shape index (κ3) is 4.63. The Kier molecular flexibility index (Phi) is 3.95. The van der Waals surface area contributed by atoms with Gasteiger partial charge in [0.2, 0.25) is 0 Å². The van der Waals surface area contributed by atoms with E-state index in [2.05, 4.69) is 47.6 Å². The predicted molar refractivity (Wildman–Crippen MR) is 62.1 cm³/mol. The molecule has 0 unspecified atom stereocenters. The summed E-state index contributed by atoms with van der Waals surface area (Å²) < 4.78 is 0. The van der Waals surface area contributed by atoms with Crippen molar-refractivity contribution in [2.45, 2.75) is 72.1 Å². The molecule has 0 atom stereocenters. The van der Waals surface area contributed by atoms with Gasteiger partial charge in [0, 0.05) is 11.1 Å². The third-order valence-electron chi connectivity index (χ3n) is 1.81. The maximum absolute atomic E-state index is 8.97. The van der Waals surface area contributed by atoms with Crippen LogP contribution in [0.2, 0.25) is 0 Å². The van der Waals surface area contributed by atoms with Crippen LogP contribution in [-0.2, 0) is 4.84 Å². The molecular formula is C12H24N2O. The van der Waals surface area contributed by atoms with Gasteiger partial charge in [0.25, 0.3) is 0 Å². The van der Waals surface area contributed by atoms with Gasteiger partial charge >= 0.3 is 0 Å². The van der Waals surface area contributed by atoms with E-state index < -0.39 is 5.60 Å². The molecule has 0 aliphatic carbocycles. The Balaban J connectivity index is 4.95. The summed E-state index contributed by atoms with van der Waals surface area (Å²) in [5.41, 5.74) is -1.06. The highest BCUT2D eigenvalue weighted by Crippen LogP contribution is 2.28. The van der Waals surface area contributed by atoms with E-state index in [0.717, 1.165) is 0 Å². The van der Waals surface area contributed by atoms with Crippen molar-refractivity contribution in [3.05, 3.63) is 0 Å². The Morgan fingerprint density at radius 1 is 0.867 bits per heavy atom. The Labute approximate surface area is 94.0 Å². The lowest BCUT2D eigenvalue weighted by atomic mass is 9.99. The molecule has 0 aromatic heterocycles. The van der Waals surface area contributed by atoms with Gasteiger partial charge in [-0.3, -0.25) is 4.84 Å². The molecule has 0 saturated carbocycles. The van der Waals surface area contributed by atoms with Crippen LogP contribution in [0.1, 0.15) is 55.4 Å². The summed E-state index contributed by atoms with van der Waals surface area (Å²) in [7, 11) is 0. The molecule has 0 N–H and O–H groups in total. The molecule has 15 heavy (non-hydrogen) atoms. The SMILES string of the molecule is CC(C)(C#N)ON(C(C)(C)C)C(C)(C)C. The molecule has 0 bridgehead atoms. The predicted octanol–water partition coefficient (Wildman–Crippen LogP) is 3.12. The fourth-order valence-corrected chi connectivity index (χ4v) is 1.53. The zero-order valence-electron chi connectivity index (χ0n) is 11.3. The first-order valence-corrected chi connectivity index (χ1v) is 5.31. The van der Waals surface area contributed by atoms with Crippen LogP contribution in [-0.4, -0.2) is 21.7 Å². The van der Waals surface area contributed by atoms with Crippen LogP contribution in [0, 0.1) is 11.3 Å². The Morgan fingerprint density at radius 2 is 1.20 bits per heavy atom. The van der Waals surface area contributed by atoms with Crippen LogP contribution in [0.25, 0.3) is 0 Å². The highest BCUT2D eigenvalue weighted by molar-refractivity contribution is 4.95. The first-order valence-electron chi connectivity index (χ1n) is 5.31. The summed E-state index contributed by atoms with van der Waals surface area (Å²) in [6.07, 6.45) is 0. The van der Waals surface area contributed by atoms with E-state index in [1.54, 1.807) is 13.8 Å². The molecule has 88 valence electrons. The van der Waals surface area contributed by atoms with Gasteiger partial charge in [0.05, 0.1) is 6.07 Å². The summed E-state index contributed by atoms with van der Waals surface area (Å²) >= 11 is 0. The molecule has 0 fully saturated rings. The molecule has 3 nitrogen and oxygen atoms in total. The van der Waals surface area contributed by atoms with Crippen molar-refractivity contribution in [2.24, 2.45) is 0 Å². The first-order chi connectivity index (χ1) is 6.40. The molecule has 0 aliphatic rings. The van der Waals surface area contributed by atoms with Crippen molar-refractivity contribution >= 4 is 0 Å². The quantitative estimate of drug-likeness (QED) is 0.660. The van der Waals surface area contributed by atoms with E-state index in [1.807, 2.05) is 5.06 Å². The molecule has 0 aliphatic heterocycles. The maximum atomic E-state index is 8.97. The molecule has 0 spiro atoms. The summed E-state index contributed by atoms with van der Waals surface area (Å²) in [4.78, 5) is 5.79. The van der Waals surface area contributed by atoms with Crippen LogP contribution in [0.15, 0.2) is 0 Å². The van der Waals surface area contributed by atoms with Crippen molar-refractivity contribution in [3.8, 4) is 6.07 Å². The van der Waals surface area contributed by atoms with E-state index in [0.29, 0.717) is 0 Å². The Morgan fingerprint density at radius 3 is 1.40 bits per heavy atom. The molecule has 0 heterocycles. The highest BCUT2D eigenvalue weighted by atomic mass is 16.7. The minimum Gasteiger partial charge on any atom is -0.277 e. The Bertz CT molecular complexity index is 236. The molecule has 0 saturated heterocycles. The van der Waals surface area contributed by atoms with E-state index in [9.17, 15) is 0 Å². The molecular weight excluding hydrogens is 188 g/mol. The second-order valence-electron chi connectivity index (χ2n) is 6.35. The van der Waals surface area contributed by atoms with Crippen molar-refractivity contribution in [2.75, 3.05) is 0 Å². The average Bonchev–Trinajstić information content (AvgIpc) is 1.96. The molecule has 0 amide bonds. The van der Waals surface area contributed by atoms with Gasteiger partial charge < -0.3 is 0 Å². The van der Waals surface area contributed by atoms with Crippen molar-refractivity contribution in [1.82, 2.24) is 5.06 Å². The van der Waals surface area contributed by atoms with Crippen LogP contribution >= 0.6 is 0 Å². The lowest BCUT2D eigenvalue weighted by molar-refractivity contribution is -0.296. The smallest absolute Gasteiger partial charge is 0.170 e. The zero-order valence-corrected chi connectivity index (χ0v) is 11.3. The first kappa shape index (κ1) is 14.4. The second-order valence-corrected chi connectivity index (χ2v) is 6.35. The van der Waals surface area contributed by atoms with Crippen molar-refractivity contribution in [3.63, 3.8) is 0 Å². The minimum atomic E-state index is -0.791. The number of hydrogen-bond acceptors (Lipinski definition) is 3. The van der Waals surface area contributed by atoms with E-state index in [-0.39, 0.29) is 11.1 Å². The van der Waals surface area contributed by atoms with Crippen molar-refractivity contribution in [1.29, 1.82) is 5.26 Å². The molecule has 0 aromatic rings. The van der Waals surface area contributed by atoms with Gasteiger partial charge in [-0.2, -0.15) is 10.3 Å². The van der Waals surface area contributed by atoms with Gasteiger partial charge in [-0.25, -0.2) is 0 Å². The highest BCUT2D eigenvalue weighted by Gasteiger charge is 2.37. The van der Waals surface area contributed by atoms with E-state index in [1.165, 1.54) is 0 Å². The van der Waals surface area contributed by atoms with Gasteiger partial charge in [-0.1, -0.05) is 0 Å². The van der Waals surface area contributed by atoms with Gasteiger partial charge in [-0.05, 0) is 55.4 Å². The minimum absolute atomic E-state index is 0.133. The molecule has 0 aromatic carbocycles. The normalized spacial score (nSPS) is 14.1.